The molecule has 0 unspecified atom stereocenters. The Balaban J connectivity index is 3.05. The van der Waals surface area contributed by atoms with E-state index in [1.54, 1.807) is 0 Å². The van der Waals surface area contributed by atoms with Gasteiger partial charge in [0.2, 0.25) is 0 Å². The number of carbonyl (C=O) groups is 1. The summed E-state index contributed by atoms with van der Waals surface area (Å²) in [6.07, 6.45) is 1.29. The zero-order valence-corrected chi connectivity index (χ0v) is 14.2. The predicted molar refractivity (Wildman–Crippen MR) is 82.6 cm³/mol. The molecule has 0 aliphatic carbocycles. The van der Waals surface area contributed by atoms with Crippen LogP contribution in [0.25, 0.3) is 6.08 Å². The number of hydrogen-bond acceptors (Lipinski definition) is 5. The topological polar surface area (TPSA) is 89.9 Å². The van der Waals surface area contributed by atoms with Crippen molar-refractivity contribution < 1.29 is 36.0 Å². The van der Waals surface area contributed by atoms with Gasteiger partial charge in [-0.05, 0) is 40.3 Å². The first kappa shape index (κ1) is 18.8. The minimum Gasteiger partial charge on any atom is -0.496 e. The molecule has 0 aliphatic heterocycles. The quantitative estimate of drug-likeness (QED) is 0.409. The normalized spacial score (nSPS) is 11.9. The number of carbonyl (C=O) groups excluding carboxylic acids is 1. The fourth-order valence-corrected chi connectivity index (χ4v) is 2.27. The van der Waals surface area contributed by atoms with E-state index in [9.17, 15) is 22.0 Å². The van der Waals surface area contributed by atoms with Gasteiger partial charge in [0, 0.05) is 0 Å². The minimum absolute atomic E-state index is 0.0914. The fraction of sp³-hybridized carbons (Fsp3) is 0.250. The summed E-state index contributed by atoms with van der Waals surface area (Å²) in [6, 6.07) is 2.77. The average Bonchev–Trinajstić information content (AvgIpc) is 2.43. The highest BCUT2D eigenvalue weighted by molar-refractivity contribution is 14.1. The number of alkyl halides is 2. The molecule has 0 spiro atoms. The molecule has 1 N–H and O–H groups in total. The molecule has 0 saturated carbocycles. The summed E-state index contributed by atoms with van der Waals surface area (Å²) in [6.45, 7) is 1.68. The molecule has 6 nitrogen and oxygen atoms in total. The summed E-state index contributed by atoms with van der Waals surface area (Å²) in [5.41, 5.74) is 0.170. The molecule has 1 rings (SSSR count). The first-order chi connectivity index (χ1) is 10.0. The van der Waals surface area contributed by atoms with Crippen molar-refractivity contribution in [3.63, 3.8) is 0 Å². The highest BCUT2D eigenvalue weighted by atomic mass is 127. The van der Waals surface area contributed by atoms with Crippen LogP contribution in [0.1, 0.15) is 15.9 Å². The minimum atomic E-state index is -5.67. The smallest absolute Gasteiger partial charge is 0.402 e. The molecule has 0 aliphatic rings. The lowest BCUT2D eigenvalue weighted by atomic mass is 10.1. The van der Waals surface area contributed by atoms with E-state index in [4.69, 9.17) is 9.29 Å². The van der Waals surface area contributed by atoms with E-state index in [-0.39, 0.29) is 11.1 Å². The Morgan fingerprint density at radius 2 is 2.09 bits per heavy atom. The Bertz CT molecular complexity index is 702. The molecule has 0 atom stereocenters. The summed E-state index contributed by atoms with van der Waals surface area (Å²) < 4.78 is 65.1. The lowest BCUT2D eigenvalue weighted by Gasteiger charge is -2.14. The zero-order valence-electron chi connectivity index (χ0n) is 11.2. The van der Waals surface area contributed by atoms with Gasteiger partial charge in [-0.25, -0.2) is 4.79 Å². The van der Waals surface area contributed by atoms with Crippen LogP contribution < -0.4 is 4.74 Å². The molecule has 0 fully saturated rings. The second-order valence-electron chi connectivity index (χ2n) is 3.97. The lowest BCUT2D eigenvalue weighted by molar-refractivity contribution is -0.00952. The number of benzene rings is 1. The number of hydrogen-bond donors (Lipinski definition) is 1. The van der Waals surface area contributed by atoms with E-state index in [1.165, 1.54) is 25.3 Å². The van der Waals surface area contributed by atoms with Gasteiger partial charge in [0.25, 0.3) is 0 Å². The number of rotatable bonds is 6. The Morgan fingerprint density at radius 3 is 2.55 bits per heavy atom. The molecule has 1 aromatic carbocycles. The van der Waals surface area contributed by atoms with Crippen LogP contribution in [0, 0.1) is 3.57 Å². The summed E-state index contributed by atoms with van der Waals surface area (Å²) >= 11 is 1.86. The van der Waals surface area contributed by atoms with Crippen molar-refractivity contribution in [1.29, 1.82) is 0 Å². The number of ether oxygens (including phenoxy) is 2. The zero-order chi connectivity index (χ0) is 17.1. The van der Waals surface area contributed by atoms with E-state index in [2.05, 4.69) is 11.3 Å². The SMILES string of the molecule is C=Cc1cc(OC)c(I)cc1C(=O)OCC(F)(F)S(=O)(=O)O. The predicted octanol–water partition coefficient (Wildman–Crippen LogP) is 2.58. The van der Waals surface area contributed by atoms with Gasteiger partial charge in [-0.1, -0.05) is 12.7 Å². The van der Waals surface area contributed by atoms with Gasteiger partial charge in [0.05, 0.1) is 16.2 Å². The van der Waals surface area contributed by atoms with Gasteiger partial charge in [-0.3, -0.25) is 4.55 Å². The molecular formula is C12H11F2IO6S. The number of methoxy groups -OCH3 is 1. The lowest BCUT2D eigenvalue weighted by Crippen LogP contribution is -2.34. The van der Waals surface area contributed by atoms with E-state index >= 15 is 0 Å². The Labute approximate surface area is 139 Å². The maximum Gasteiger partial charge on any atom is 0.402 e. The van der Waals surface area contributed by atoms with E-state index in [1.807, 2.05) is 22.6 Å². The van der Waals surface area contributed by atoms with E-state index in [0.717, 1.165) is 0 Å². The molecule has 0 radical (unpaired) electrons. The third kappa shape index (κ3) is 4.14. The molecule has 22 heavy (non-hydrogen) atoms. The second-order valence-corrected chi connectivity index (χ2v) is 6.68. The molecular weight excluding hydrogens is 437 g/mol. The van der Waals surface area contributed by atoms with Gasteiger partial charge >= 0.3 is 21.3 Å². The van der Waals surface area contributed by atoms with Gasteiger partial charge < -0.3 is 9.47 Å². The summed E-state index contributed by atoms with van der Waals surface area (Å²) in [5.74, 6) is -0.742. The molecule has 10 heteroatoms. The highest BCUT2D eigenvalue weighted by Crippen LogP contribution is 2.27. The monoisotopic (exact) mass is 448 g/mol. The van der Waals surface area contributed by atoms with Crippen LogP contribution in [0.5, 0.6) is 5.75 Å². The average molecular weight is 448 g/mol. The molecule has 0 saturated heterocycles. The van der Waals surface area contributed by atoms with Crippen LogP contribution in [0.15, 0.2) is 18.7 Å². The van der Waals surface area contributed by atoms with Crippen molar-refractivity contribution >= 4 is 44.8 Å². The third-order valence-corrected chi connectivity index (χ3v) is 4.23. The molecule has 122 valence electrons. The van der Waals surface area contributed by atoms with Crippen LogP contribution in [0.3, 0.4) is 0 Å². The van der Waals surface area contributed by atoms with Crippen molar-refractivity contribution in [3.8, 4) is 5.75 Å². The Hall–Kier alpha value is -1.27. The van der Waals surface area contributed by atoms with Gasteiger partial charge in [-0.15, -0.1) is 0 Å². The van der Waals surface area contributed by atoms with Crippen LogP contribution in [0.2, 0.25) is 0 Å². The highest BCUT2D eigenvalue weighted by Gasteiger charge is 2.45. The van der Waals surface area contributed by atoms with Crippen molar-refractivity contribution in [2.24, 2.45) is 0 Å². The second kappa shape index (κ2) is 6.87. The van der Waals surface area contributed by atoms with Crippen LogP contribution in [-0.4, -0.2) is 37.9 Å². The van der Waals surface area contributed by atoms with Crippen LogP contribution in [-0.2, 0) is 14.9 Å². The first-order valence-electron chi connectivity index (χ1n) is 5.55. The maximum absolute atomic E-state index is 13.0. The summed E-state index contributed by atoms with van der Waals surface area (Å²) in [7, 11) is -4.26. The van der Waals surface area contributed by atoms with E-state index < -0.39 is 27.9 Å². The maximum atomic E-state index is 13.0. The van der Waals surface area contributed by atoms with Gasteiger partial charge in [-0.2, -0.15) is 17.2 Å². The van der Waals surface area contributed by atoms with Gasteiger partial charge in [0.15, 0.2) is 6.61 Å². The molecule has 1 aromatic rings. The largest absolute Gasteiger partial charge is 0.496 e. The van der Waals surface area contributed by atoms with E-state index in [0.29, 0.717) is 9.32 Å². The summed E-state index contributed by atoms with van der Waals surface area (Å²) in [5, 5.41) is -4.59. The third-order valence-electron chi connectivity index (χ3n) is 2.51. The van der Waals surface area contributed by atoms with Crippen LogP contribution in [0.4, 0.5) is 8.78 Å². The van der Waals surface area contributed by atoms with Crippen molar-refractivity contribution in [2.75, 3.05) is 13.7 Å². The Kier molecular flexibility index (Phi) is 5.87. The first-order valence-corrected chi connectivity index (χ1v) is 8.07. The Morgan fingerprint density at radius 1 is 1.50 bits per heavy atom. The van der Waals surface area contributed by atoms with Crippen molar-refractivity contribution in [3.05, 3.63) is 33.4 Å². The fourth-order valence-electron chi connectivity index (χ4n) is 1.37. The number of halogens is 3. The standard InChI is InChI=1S/C12H11F2IO6S/c1-3-7-4-10(20-2)9(15)5-8(7)11(16)21-6-12(13,14)22(17,18)19/h3-5H,1,6H2,2H3,(H,17,18,19). The molecule has 0 heterocycles. The summed E-state index contributed by atoms with van der Waals surface area (Å²) in [4.78, 5) is 11.8. The molecule has 0 aromatic heterocycles. The van der Waals surface area contributed by atoms with Crippen molar-refractivity contribution in [2.45, 2.75) is 5.25 Å². The molecule has 0 bridgehead atoms. The van der Waals surface area contributed by atoms with Gasteiger partial charge in [0.1, 0.15) is 5.75 Å². The van der Waals surface area contributed by atoms with Crippen LogP contribution >= 0.6 is 22.6 Å². The van der Waals surface area contributed by atoms with Crippen molar-refractivity contribution in [1.82, 2.24) is 0 Å². The molecule has 0 amide bonds. The number of esters is 1.